The number of aromatic nitrogens is 4. The highest BCUT2D eigenvalue weighted by molar-refractivity contribution is 9.10. The van der Waals surface area contributed by atoms with Crippen LogP contribution in [0.2, 0.25) is 0 Å². The second-order valence-electron chi connectivity index (χ2n) is 3.91. The van der Waals surface area contributed by atoms with Crippen LogP contribution in [0.3, 0.4) is 0 Å². The predicted molar refractivity (Wildman–Crippen MR) is 76.3 cm³/mol. The van der Waals surface area contributed by atoms with Crippen molar-refractivity contribution in [2.45, 2.75) is 6.42 Å². The van der Waals surface area contributed by atoms with Gasteiger partial charge in [0.1, 0.15) is 11.1 Å². The summed E-state index contributed by atoms with van der Waals surface area (Å²) in [6, 6.07) is 0. The van der Waals surface area contributed by atoms with E-state index in [0.29, 0.717) is 4.47 Å². The molecule has 0 unspecified atom stereocenters. The molecule has 0 aliphatic carbocycles. The third kappa shape index (κ3) is 3.31. The number of halogens is 1. The molecule has 0 atom stereocenters. The second-order valence-corrected chi connectivity index (χ2v) is 5.79. The normalized spacial score (nSPS) is 10.4. The minimum Gasteiger partial charge on any atom is -0.358 e. The summed E-state index contributed by atoms with van der Waals surface area (Å²) in [7, 11) is -1.13. The van der Waals surface area contributed by atoms with Crippen LogP contribution in [0, 0.1) is 10.1 Å². The second kappa shape index (κ2) is 6.10. The molecule has 11 heteroatoms. The van der Waals surface area contributed by atoms with Crippen LogP contribution in [0.15, 0.2) is 23.1 Å². The zero-order valence-corrected chi connectivity index (χ0v) is 13.0. The third-order valence-corrected chi connectivity index (χ3v) is 3.78. The van der Waals surface area contributed by atoms with Gasteiger partial charge in [-0.3, -0.25) is 0 Å². The van der Waals surface area contributed by atoms with Crippen LogP contribution in [0.1, 0.15) is 11.6 Å². The lowest BCUT2D eigenvalue weighted by Gasteiger charge is -2.00. The lowest BCUT2D eigenvalue weighted by molar-refractivity contribution is -0.391. The van der Waals surface area contributed by atoms with E-state index in [9.17, 15) is 18.5 Å². The number of imidazole rings is 1. The van der Waals surface area contributed by atoms with Crippen molar-refractivity contribution in [3.05, 3.63) is 44.8 Å². The standard InChI is InChI=1S/C10H8BrN5O4S/c1-15-8(12-5-9(15)16(17)18)2-7(21(19)20)10-13-3-6(11)4-14-10/h3-5H,2H2,1H3. The number of nitro groups is 1. The number of hydrogen-bond donors (Lipinski definition) is 0. The van der Waals surface area contributed by atoms with Crippen molar-refractivity contribution in [1.82, 2.24) is 19.5 Å². The Labute approximate surface area is 128 Å². The average molecular weight is 374 g/mol. The molecule has 0 aliphatic heterocycles. The molecule has 0 spiro atoms. The van der Waals surface area contributed by atoms with E-state index in [1.807, 2.05) is 0 Å². The van der Waals surface area contributed by atoms with Gasteiger partial charge in [0.25, 0.3) is 0 Å². The lowest BCUT2D eigenvalue weighted by atomic mass is 10.3. The Morgan fingerprint density at radius 2 is 1.95 bits per heavy atom. The fourth-order valence-electron chi connectivity index (χ4n) is 1.58. The van der Waals surface area contributed by atoms with E-state index >= 15 is 0 Å². The summed E-state index contributed by atoms with van der Waals surface area (Å²) in [4.78, 5) is 21.7. The molecule has 0 saturated heterocycles. The maximum atomic E-state index is 11.3. The third-order valence-electron chi connectivity index (χ3n) is 2.64. The monoisotopic (exact) mass is 373 g/mol. The smallest absolute Gasteiger partial charge is 0.342 e. The van der Waals surface area contributed by atoms with E-state index in [1.165, 1.54) is 24.0 Å². The molecular formula is C10H8BrN5O4S. The van der Waals surface area contributed by atoms with E-state index in [1.54, 1.807) is 0 Å². The SMILES string of the molecule is Cn1c([N+](=O)[O-])cnc1CC(c1ncc(Br)cn1)=S(=O)=O. The van der Waals surface area contributed by atoms with Crippen molar-refractivity contribution in [2.75, 3.05) is 0 Å². The highest BCUT2D eigenvalue weighted by Gasteiger charge is 2.20. The quantitative estimate of drug-likeness (QED) is 0.331. The summed E-state index contributed by atoms with van der Waals surface area (Å²) in [6.07, 6.45) is 3.76. The van der Waals surface area contributed by atoms with Gasteiger partial charge < -0.3 is 10.1 Å². The molecule has 0 fully saturated rings. The van der Waals surface area contributed by atoms with Crippen molar-refractivity contribution in [2.24, 2.45) is 7.05 Å². The maximum absolute atomic E-state index is 11.3. The molecule has 2 aromatic rings. The van der Waals surface area contributed by atoms with Gasteiger partial charge in [-0.2, -0.15) is 8.42 Å². The highest BCUT2D eigenvalue weighted by Crippen LogP contribution is 2.13. The largest absolute Gasteiger partial charge is 0.358 e. The minimum atomic E-state index is -2.57. The first kappa shape index (κ1) is 15.3. The molecule has 21 heavy (non-hydrogen) atoms. The Morgan fingerprint density at radius 1 is 1.33 bits per heavy atom. The van der Waals surface area contributed by atoms with Gasteiger partial charge in [0.15, 0.2) is 5.82 Å². The van der Waals surface area contributed by atoms with Crippen molar-refractivity contribution in [3.8, 4) is 0 Å². The molecule has 0 radical (unpaired) electrons. The van der Waals surface area contributed by atoms with Gasteiger partial charge in [-0.25, -0.2) is 19.5 Å². The number of nitrogens with zero attached hydrogens (tertiary/aromatic N) is 5. The molecule has 9 nitrogen and oxygen atoms in total. The fourth-order valence-corrected chi connectivity index (χ4v) is 2.29. The molecule has 0 bridgehead atoms. The van der Waals surface area contributed by atoms with Crippen molar-refractivity contribution in [1.29, 1.82) is 0 Å². The Bertz CT molecular complexity index is 820. The van der Waals surface area contributed by atoms with Crippen LogP contribution >= 0.6 is 15.9 Å². The molecule has 110 valence electrons. The van der Waals surface area contributed by atoms with Crippen molar-refractivity contribution in [3.63, 3.8) is 0 Å². The van der Waals surface area contributed by atoms with Gasteiger partial charge in [-0.05, 0) is 20.9 Å². The summed E-state index contributed by atoms with van der Waals surface area (Å²) >= 11 is 3.15. The topological polar surface area (TPSA) is 121 Å². The van der Waals surface area contributed by atoms with Gasteiger partial charge in [-0.15, -0.1) is 0 Å². The average Bonchev–Trinajstić information content (AvgIpc) is 2.78. The molecule has 2 rings (SSSR count). The lowest BCUT2D eigenvalue weighted by Crippen LogP contribution is -2.14. The first-order valence-electron chi connectivity index (χ1n) is 5.48. The molecular weight excluding hydrogens is 366 g/mol. The number of rotatable bonds is 4. The van der Waals surface area contributed by atoms with E-state index in [0.717, 1.165) is 6.20 Å². The number of hydrogen-bond acceptors (Lipinski definition) is 7. The zero-order chi connectivity index (χ0) is 15.6. The van der Waals surface area contributed by atoms with Gasteiger partial charge in [0, 0.05) is 12.4 Å². The van der Waals surface area contributed by atoms with Crippen molar-refractivity contribution >= 4 is 36.9 Å². The van der Waals surface area contributed by atoms with E-state index in [-0.39, 0.29) is 28.8 Å². The predicted octanol–water partition coefficient (Wildman–Crippen LogP) is 0.523. The molecule has 2 heterocycles. The molecule has 0 N–H and O–H groups in total. The molecule has 0 saturated carbocycles. The minimum absolute atomic E-state index is 0.0252. The molecule has 0 amide bonds. The summed E-state index contributed by atoms with van der Waals surface area (Å²) < 4.78 is 24.5. The Balaban J connectivity index is 2.42. The van der Waals surface area contributed by atoms with Crippen LogP contribution < -0.4 is 0 Å². The van der Waals surface area contributed by atoms with E-state index in [2.05, 4.69) is 30.9 Å². The van der Waals surface area contributed by atoms with Crippen LogP contribution in [0.5, 0.6) is 0 Å². The van der Waals surface area contributed by atoms with Gasteiger partial charge in [0.05, 0.1) is 17.9 Å². The van der Waals surface area contributed by atoms with E-state index in [4.69, 9.17) is 0 Å². The Hall–Kier alpha value is -2.14. The van der Waals surface area contributed by atoms with Crippen molar-refractivity contribution < 1.29 is 13.3 Å². The fraction of sp³-hybridized carbons (Fsp3) is 0.200. The summed E-state index contributed by atoms with van der Waals surface area (Å²) in [5.41, 5.74) is 0. The Morgan fingerprint density at radius 3 is 2.43 bits per heavy atom. The van der Waals surface area contributed by atoms with Crippen LogP contribution in [-0.2, 0) is 23.8 Å². The van der Waals surface area contributed by atoms with Gasteiger partial charge >= 0.3 is 5.82 Å². The van der Waals surface area contributed by atoms with Crippen LogP contribution in [0.25, 0.3) is 0 Å². The summed E-state index contributed by atoms with van der Waals surface area (Å²) in [6.45, 7) is 0. The zero-order valence-electron chi connectivity index (χ0n) is 10.6. The highest BCUT2D eigenvalue weighted by atomic mass is 79.9. The summed E-state index contributed by atoms with van der Waals surface area (Å²) in [5, 5.41) is 10.7. The van der Waals surface area contributed by atoms with Gasteiger partial charge in [-0.1, -0.05) is 0 Å². The summed E-state index contributed by atoms with van der Waals surface area (Å²) in [5.74, 6) is 0.0300. The molecule has 2 aromatic heterocycles. The Kier molecular flexibility index (Phi) is 4.43. The van der Waals surface area contributed by atoms with E-state index < -0.39 is 15.2 Å². The van der Waals surface area contributed by atoms with Crippen LogP contribution in [-0.4, -0.2) is 37.7 Å². The first-order valence-corrected chi connectivity index (χ1v) is 7.35. The molecule has 0 aromatic carbocycles. The van der Waals surface area contributed by atoms with Gasteiger partial charge in [0.2, 0.25) is 16.1 Å². The first-order chi connectivity index (χ1) is 9.90. The van der Waals surface area contributed by atoms with Crippen LogP contribution in [0.4, 0.5) is 5.82 Å². The molecule has 0 aliphatic rings. The maximum Gasteiger partial charge on any atom is 0.342 e.